The quantitative estimate of drug-likeness (QED) is 0.773. The molecule has 28 heavy (non-hydrogen) atoms. The number of anilines is 2. The van der Waals surface area contributed by atoms with E-state index in [0.717, 1.165) is 25.2 Å². The summed E-state index contributed by atoms with van der Waals surface area (Å²) in [7, 11) is 0. The van der Waals surface area contributed by atoms with Gasteiger partial charge in [0.25, 0.3) is 5.91 Å². The Balaban J connectivity index is 1.66. The van der Waals surface area contributed by atoms with Gasteiger partial charge in [-0.1, -0.05) is 0 Å². The summed E-state index contributed by atoms with van der Waals surface area (Å²) in [6.45, 7) is 10.9. The van der Waals surface area contributed by atoms with E-state index >= 15 is 0 Å². The van der Waals surface area contributed by atoms with Crippen LogP contribution in [0.1, 0.15) is 29.8 Å². The Bertz CT molecular complexity index is 844. The second-order valence-corrected chi connectivity index (χ2v) is 7.05. The van der Waals surface area contributed by atoms with E-state index in [4.69, 9.17) is 0 Å². The number of rotatable bonds is 5. The maximum atomic E-state index is 13.4. The van der Waals surface area contributed by atoms with Crippen LogP contribution in [-0.2, 0) is 0 Å². The summed E-state index contributed by atoms with van der Waals surface area (Å²) in [4.78, 5) is 18.9. The summed E-state index contributed by atoms with van der Waals surface area (Å²) in [5.74, 6) is -2.19. The molecule has 3 rings (SSSR count). The van der Waals surface area contributed by atoms with Crippen molar-refractivity contribution in [3.05, 3.63) is 59.2 Å². The highest BCUT2D eigenvalue weighted by Crippen LogP contribution is 2.27. The molecule has 1 saturated heterocycles. The minimum Gasteiger partial charge on any atom is -0.372 e. The van der Waals surface area contributed by atoms with Crippen LogP contribution < -0.4 is 9.80 Å². The zero-order valence-electron chi connectivity index (χ0n) is 16.7. The third-order valence-corrected chi connectivity index (χ3v) is 5.38. The van der Waals surface area contributed by atoms with Crippen molar-refractivity contribution in [1.29, 1.82) is 0 Å². The van der Waals surface area contributed by atoms with Gasteiger partial charge in [-0.25, -0.2) is 8.78 Å². The number of carbonyl (C=O) groups excluding carboxylic acids is 1. The number of halogens is 2. The van der Waals surface area contributed by atoms with Crippen LogP contribution in [-0.4, -0.2) is 50.1 Å². The smallest absolute Gasteiger partial charge is 0.254 e. The number of nitrogens with zero attached hydrogens (tertiary/aromatic N) is 3. The van der Waals surface area contributed by atoms with Crippen molar-refractivity contribution in [1.82, 2.24) is 4.90 Å². The first-order valence-electron chi connectivity index (χ1n) is 9.79. The van der Waals surface area contributed by atoms with Crippen molar-refractivity contribution in [3.8, 4) is 0 Å². The van der Waals surface area contributed by atoms with Crippen LogP contribution in [0.4, 0.5) is 20.2 Å². The third-order valence-electron chi connectivity index (χ3n) is 5.38. The number of hydrogen-bond donors (Lipinski definition) is 0. The Labute approximate surface area is 165 Å². The van der Waals surface area contributed by atoms with Gasteiger partial charge in [0.05, 0.1) is 0 Å². The van der Waals surface area contributed by atoms with Crippen molar-refractivity contribution in [2.24, 2.45) is 0 Å². The first kappa shape index (κ1) is 20.1. The topological polar surface area (TPSA) is 26.8 Å². The normalized spacial score (nSPS) is 14.3. The van der Waals surface area contributed by atoms with Crippen LogP contribution in [0.3, 0.4) is 0 Å². The average molecular weight is 387 g/mol. The molecule has 6 heteroatoms. The lowest BCUT2D eigenvalue weighted by atomic mass is 10.1. The molecule has 0 saturated carbocycles. The molecule has 0 unspecified atom stereocenters. The second kappa shape index (κ2) is 8.59. The maximum Gasteiger partial charge on any atom is 0.254 e. The summed E-state index contributed by atoms with van der Waals surface area (Å²) in [6, 6.07) is 9.81. The van der Waals surface area contributed by atoms with Crippen molar-refractivity contribution >= 4 is 17.3 Å². The molecule has 0 N–H and O–H groups in total. The van der Waals surface area contributed by atoms with Crippen LogP contribution in [0.25, 0.3) is 0 Å². The highest BCUT2D eigenvalue weighted by molar-refractivity contribution is 5.94. The Morgan fingerprint density at radius 1 is 0.964 bits per heavy atom. The predicted octanol–water partition coefficient (Wildman–Crippen LogP) is 4.08. The molecule has 2 aromatic carbocycles. The molecule has 0 bridgehead atoms. The van der Waals surface area contributed by atoms with Gasteiger partial charge in [-0.15, -0.1) is 0 Å². The van der Waals surface area contributed by atoms with E-state index in [1.54, 1.807) is 4.90 Å². The molecule has 1 heterocycles. The van der Waals surface area contributed by atoms with Gasteiger partial charge in [0.15, 0.2) is 11.6 Å². The van der Waals surface area contributed by atoms with E-state index in [1.807, 2.05) is 0 Å². The number of benzene rings is 2. The van der Waals surface area contributed by atoms with Gasteiger partial charge >= 0.3 is 0 Å². The Kier molecular flexibility index (Phi) is 6.17. The van der Waals surface area contributed by atoms with E-state index in [1.165, 1.54) is 23.0 Å². The lowest BCUT2D eigenvalue weighted by Gasteiger charge is -2.37. The molecular weight excluding hydrogens is 360 g/mol. The van der Waals surface area contributed by atoms with Crippen molar-refractivity contribution in [3.63, 3.8) is 0 Å². The minimum absolute atomic E-state index is 0.187. The molecule has 0 aromatic heterocycles. The third kappa shape index (κ3) is 4.11. The van der Waals surface area contributed by atoms with Crippen LogP contribution in [0.5, 0.6) is 0 Å². The summed E-state index contributed by atoms with van der Waals surface area (Å²) in [6.07, 6.45) is 0. The molecule has 0 aliphatic carbocycles. The molecule has 1 amide bonds. The SMILES string of the molecule is CCN(CC)c1ccc(N2CCN(C(=O)c3ccc(F)c(F)c3)CC2)c(C)c1. The zero-order valence-corrected chi connectivity index (χ0v) is 16.7. The molecule has 0 spiro atoms. The van der Waals surface area contributed by atoms with Crippen LogP contribution in [0.2, 0.25) is 0 Å². The number of piperazine rings is 1. The minimum atomic E-state index is -0.992. The average Bonchev–Trinajstić information content (AvgIpc) is 2.71. The Hall–Kier alpha value is -2.63. The Morgan fingerprint density at radius 3 is 2.21 bits per heavy atom. The number of amides is 1. The van der Waals surface area contributed by atoms with Crippen molar-refractivity contribution in [2.45, 2.75) is 20.8 Å². The van der Waals surface area contributed by atoms with Gasteiger partial charge < -0.3 is 14.7 Å². The van der Waals surface area contributed by atoms with Gasteiger partial charge in [0, 0.05) is 56.2 Å². The number of carbonyl (C=O) groups is 1. The maximum absolute atomic E-state index is 13.4. The molecule has 1 aliphatic heterocycles. The van der Waals surface area contributed by atoms with Crippen LogP contribution in [0, 0.1) is 18.6 Å². The molecule has 4 nitrogen and oxygen atoms in total. The fourth-order valence-electron chi connectivity index (χ4n) is 3.74. The molecule has 0 atom stereocenters. The fraction of sp³-hybridized carbons (Fsp3) is 0.409. The summed E-state index contributed by atoms with van der Waals surface area (Å²) >= 11 is 0. The van der Waals surface area contributed by atoms with Gasteiger partial charge in [-0.2, -0.15) is 0 Å². The van der Waals surface area contributed by atoms with Gasteiger partial charge in [0.2, 0.25) is 0 Å². The van der Waals surface area contributed by atoms with E-state index in [0.29, 0.717) is 26.2 Å². The molecule has 1 fully saturated rings. The molecule has 2 aromatic rings. The standard InChI is InChI=1S/C22H27F2N3O/c1-4-25(5-2)18-7-9-21(16(3)14-18)26-10-12-27(13-11-26)22(28)17-6-8-19(23)20(24)15-17/h6-9,14-15H,4-5,10-13H2,1-3H3. The van der Waals surface area contributed by atoms with E-state index in [9.17, 15) is 13.6 Å². The summed E-state index contributed by atoms with van der Waals surface area (Å²) in [5, 5.41) is 0. The van der Waals surface area contributed by atoms with Gasteiger partial charge in [0.1, 0.15) is 0 Å². The van der Waals surface area contributed by atoms with Crippen LogP contribution in [0.15, 0.2) is 36.4 Å². The highest BCUT2D eigenvalue weighted by atomic mass is 19.2. The van der Waals surface area contributed by atoms with E-state index in [-0.39, 0.29) is 11.5 Å². The molecule has 0 radical (unpaired) electrons. The van der Waals surface area contributed by atoms with Gasteiger partial charge in [-0.3, -0.25) is 4.79 Å². The largest absolute Gasteiger partial charge is 0.372 e. The van der Waals surface area contributed by atoms with E-state index in [2.05, 4.69) is 48.8 Å². The van der Waals surface area contributed by atoms with E-state index < -0.39 is 11.6 Å². The predicted molar refractivity (Wildman–Crippen MR) is 109 cm³/mol. The zero-order chi connectivity index (χ0) is 20.3. The van der Waals surface area contributed by atoms with Crippen LogP contribution >= 0.6 is 0 Å². The highest BCUT2D eigenvalue weighted by Gasteiger charge is 2.24. The Morgan fingerprint density at radius 2 is 1.64 bits per heavy atom. The number of hydrogen-bond acceptors (Lipinski definition) is 3. The van der Waals surface area contributed by atoms with Gasteiger partial charge in [-0.05, 0) is 62.7 Å². The second-order valence-electron chi connectivity index (χ2n) is 7.05. The summed E-state index contributed by atoms with van der Waals surface area (Å²) < 4.78 is 26.5. The molecular formula is C22H27F2N3O. The fourth-order valence-corrected chi connectivity index (χ4v) is 3.74. The van der Waals surface area contributed by atoms with Crippen molar-refractivity contribution in [2.75, 3.05) is 49.1 Å². The van der Waals surface area contributed by atoms with Crippen molar-refractivity contribution < 1.29 is 13.6 Å². The molecule has 150 valence electrons. The first-order valence-corrected chi connectivity index (χ1v) is 9.79. The lowest BCUT2D eigenvalue weighted by molar-refractivity contribution is 0.0746. The monoisotopic (exact) mass is 387 g/mol. The lowest BCUT2D eigenvalue weighted by Crippen LogP contribution is -2.49. The number of aryl methyl sites for hydroxylation is 1. The summed E-state index contributed by atoms with van der Waals surface area (Å²) in [5.41, 5.74) is 3.80. The first-order chi connectivity index (χ1) is 13.4. The molecule has 1 aliphatic rings.